The van der Waals surface area contributed by atoms with Gasteiger partial charge >= 0.3 is 0 Å². The molecule has 7 heteroatoms. The number of rotatable bonds is 6. The van der Waals surface area contributed by atoms with E-state index in [0.717, 1.165) is 22.4 Å². The van der Waals surface area contributed by atoms with Gasteiger partial charge in [0.15, 0.2) is 5.82 Å². The van der Waals surface area contributed by atoms with E-state index in [4.69, 9.17) is 16.3 Å². The molecule has 0 saturated heterocycles. The maximum absolute atomic E-state index is 12.4. The molecule has 0 saturated carbocycles. The minimum absolute atomic E-state index is 0.0991. The second kappa shape index (κ2) is 8.33. The summed E-state index contributed by atoms with van der Waals surface area (Å²) in [6.45, 7) is 4.82. The van der Waals surface area contributed by atoms with Crippen molar-refractivity contribution >= 4 is 17.5 Å². The largest absolute Gasteiger partial charge is 0.383 e. The smallest absolute Gasteiger partial charge is 0.291 e. The standard InChI is InChI=1S/C20H21ClN4O2/c1-13-7-8-14(2)17(11-13)25-19(15-5-4-6-16(21)12-15)23-18(24-25)20(26)22-9-10-27-3/h4-8,11-12H,9-10H2,1-3H3,(H,22,26). The van der Waals surface area contributed by atoms with Crippen molar-refractivity contribution in [1.82, 2.24) is 20.1 Å². The van der Waals surface area contributed by atoms with E-state index in [-0.39, 0.29) is 11.7 Å². The average molecular weight is 385 g/mol. The molecule has 0 unspecified atom stereocenters. The van der Waals surface area contributed by atoms with Crippen molar-refractivity contribution in [2.75, 3.05) is 20.3 Å². The molecule has 1 N–H and O–H groups in total. The molecule has 1 amide bonds. The van der Waals surface area contributed by atoms with Crippen molar-refractivity contribution in [2.45, 2.75) is 13.8 Å². The van der Waals surface area contributed by atoms with E-state index in [0.29, 0.717) is 24.0 Å². The van der Waals surface area contributed by atoms with Crippen molar-refractivity contribution in [3.05, 3.63) is 64.4 Å². The normalized spacial score (nSPS) is 10.8. The van der Waals surface area contributed by atoms with Crippen LogP contribution >= 0.6 is 11.6 Å². The van der Waals surface area contributed by atoms with Crippen LogP contribution in [-0.4, -0.2) is 40.9 Å². The topological polar surface area (TPSA) is 69.0 Å². The third-order valence-corrected chi connectivity index (χ3v) is 4.31. The first-order chi connectivity index (χ1) is 13.0. The third kappa shape index (κ3) is 4.35. The fourth-order valence-corrected chi connectivity index (χ4v) is 2.87. The molecule has 27 heavy (non-hydrogen) atoms. The molecule has 140 valence electrons. The summed E-state index contributed by atoms with van der Waals surface area (Å²) >= 11 is 6.15. The molecule has 0 aliphatic carbocycles. The molecular formula is C20H21ClN4O2. The van der Waals surface area contributed by atoms with E-state index < -0.39 is 0 Å². The number of benzene rings is 2. The third-order valence-electron chi connectivity index (χ3n) is 4.08. The van der Waals surface area contributed by atoms with Crippen molar-refractivity contribution in [3.8, 4) is 17.1 Å². The van der Waals surface area contributed by atoms with Crippen LogP contribution in [0.2, 0.25) is 5.02 Å². The van der Waals surface area contributed by atoms with Crippen LogP contribution in [0.4, 0.5) is 0 Å². The van der Waals surface area contributed by atoms with Gasteiger partial charge in [0.2, 0.25) is 5.82 Å². The summed E-state index contributed by atoms with van der Waals surface area (Å²) in [5.74, 6) is 0.310. The fourth-order valence-electron chi connectivity index (χ4n) is 2.68. The predicted molar refractivity (Wildman–Crippen MR) is 105 cm³/mol. The van der Waals surface area contributed by atoms with Crippen LogP contribution in [0, 0.1) is 13.8 Å². The van der Waals surface area contributed by atoms with Gasteiger partial charge in [-0.3, -0.25) is 4.79 Å². The highest BCUT2D eigenvalue weighted by atomic mass is 35.5. The minimum Gasteiger partial charge on any atom is -0.383 e. The number of ether oxygens (including phenoxy) is 1. The van der Waals surface area contributed by atoms with Gasteiger partial charge in [0, 0.05) is 24.2 Å². The van der Waals surface area contributed by atoms with Crippen molar-refractivity contribution < 1.29 is 9.53 Å². The summed E-state index contributed by atoms with van der Waals surface area (Å²) in [4.78, 5) is 16.9. The lowest BCUT2D eigenvalue weighted by Gasteiger charge is -2.10. The summed E-state index contributed by atoms with van der Waals surface area (Å²) < 4.78 is 6.66. The Labute approximate surface area is 163 Å². The number of aromatic nitrogens is 3. The fraction of sp³-hybridized carbons (Fsp3) is 0.250. The van der Waals surface area contributed by atoms with Gasteiger partial charge in [-0.1, -0.05) is 35.9 Å². The molecule has 1 aromatic heterocycles. The molecule has 3 aromatic rings. The number of amides is 1. The van der Waals surface area contributed by atoms with Gasteiger partial charge in [-0.2, -0.15) is 0 Å². The minimum atomic E-state index is -0.348. The maximum atomic E-state index is 12.4. The van der Waals surface area contributed by atoms with Gasteiger partial charge in [-0.15, -0.1) is 5.10 Å². The Morgan fingerprint density at radius 2 is 2.04 bits per heavy atom. The highest BCUT2D eigenvalue weighted by Gasteiger charge is 2.19. The average Bonchev–Trinajstić information content (AvgIpc) is 3.09. The zero-order valence-electron chi connectivity index (χ0n) is 15.5. The van der Waals surface area contributed by atoms with Crippen molar-refractivity contribution in [1.29, 1.82) is 0 Å². The van der Waals surface area contributed by atoms with Crippen LogP contribution in [0.25, 0.3) is 17.1 Å². The second-order valence-electron chi connectivity index (χ2n) is 6.22. The molecule has 1 heterocycles. The number of halogens is 1. The molecule has 0 radical (unpaired) electrons. The second-order valence-corrected chi connectivity index (χ2v) is 6.66. The van der Waals surface area contributed by atoms with Crippen LogP contribution in [0.15, 0.2) is 42.5 Å². The molecule has 0 fully saturated rings. The Bertz CT molecular complexity index is 968. The summed E-state index contributed by atoms with van der Waals surface area (Å²) in [5, 5.41) is 7.82. The molecular weight excluding hydrogens is 364 g/mol. The number of carbonyl (C=O) groups excluding carboxylic acids is 1. The number of aryl methyl sites for hydroxylation is 2. The zero-order chi connectivity index (χ0) is 19.4. The lowest BCUT2D eigenvalue weighted by molar-refractivity contribution is 0.0927. The van der Waals surface area contributed by atoms with Gasteiger partial charge in [-0.25, -0.2) is 9.67 Å². The van der Waals surface area contributed by atoms with Gasteiger partial charge in [0.1, 0.15) is 0 Å². The quantitative estimate of drug-likeness (QED) is 0.659. The molecule has 3 rings (SSSR count). The SMILES string of the molecule is COCCNC(=O)c1nc(-c2cccc(Cl)c2)n(-c2cc(C)ccc2C)n1. The molecule has 2 aromatic carbocycles. The van der Waals surface area contributed by atoms with E-state index in [1.54, 1.807) is 23.9 Å². The van der Waals surface area contributed by atoms with Gasteiger partial charge < -0.3 is 10.1 Å². The van der Waals surface area contributed by atoms with E-state index in [2.05, 4.69) is 15.4 Å². The van der Waals surface area contributed by atoms with Gasteiger partial charge in [-0.05, 0) is 43.2 Å². The van der Waals surface area contributed by atoms with Crippen LogP contribution < -0.4 is 5.32 Å². The van der Waals surface area contributed by atoms with E-state index in [1.807, 2.05) is 44.2 Å². The lowest BCUT2D eigenvalue weighted by atomic mass is 10.1. The Balaban J connectivity index is 2.10. The summed E-state index contributed by atoms with van der Waals surface area (Å²) in [6.07, 6.45) is 0. The predicted octanol–water partition coefficient (Wildman–Crippen LogP) is 3.58. The number of carbonyl (C=O) groups is 1. The van der Waals surface area contributed by atoms with Crippen LogP contribution in [-0.2, 0) is 4.74 Å². The number of nitrogens with zero attached hydrogens (tertiary/aromatic N) is 3. The molecule has 0 aliphatic heterocycles. The Morgan fingerprint density at radius 3 is 2.78 bits per heavy atom. The van der Waals surface area contributed by atoms with Gasteiger partial charge in [0.05, 0.1) is 12.3 Å². The summed E-state index contributed by atoms with van der Waals surface area (Å²) in [5.41, 5.74) is 3.77. The number of nitrogens with one attached hydrogen (secondary N) is 1. The molecule has 0 spiro atoms. The molecule has 0 atom stereocenters. The van der Waals surface area contributed by atoms with E-state index >= 15 is 0 Å². The van der Waals surface area contributed by atoms with E-state index in [1.165, 1.54) is 0 Å². The van der Waals surface area contributed by atoms with Crippen molar-refractivity contribution in [2.24, 2.45) is 0 Å². The van der Waals surface area contributed by atoms with Crippen LogP contribution in [0.1, 0.15) is 21.7 Å². The first-order valence-electron chi connectivity index (χ1n) is 8.57. The first kappa shape index (κ1) is 19.1. The molecule has 0 bridgehead atoms. The summed E-state index contributed by atoms with van der Waals surface area (Å²) in [6, 6.07) is 13.4. The maximum Gasteiger partial charge on any atom is 0.291 e. The Kier molecular flexibility index (Phi) is 5.88. The van der Waals surface area contributed by atoms with Crippen LogP contribution in [0.5, 0.6) is 0 Å². The highest BCUT2D eigenvalue weighted by Crippen LogP contribution is 2.26. The van der Waals surface area contributed by atoms with Crippen molar-refractivity contribution in [3.63, 3.8) is 0 Å². The van der Waals surface area contributed by atoms with Crippen LogP contribution in [0.3, 0.4) is 0 Å². The number of hydrogen-bond donors (Lipinski definition) is 1. The molecule has 0 aliphatic rings. The highest BCUT2D eigenvalue weighted by molar-refractivity contribution is 6.30. The number of hydrogen-bond acceptors (Lipinski definition) is 4. The zero-order valence-corrected chi connectivity index (χ0v) is 16.2. The Morgan fingerprint density at radius 1 is 1.22 bits per heavy atom. The van der Waals surface area contributed by atoms with E-state index in [9.17, 15) is 4.79 Å². The lowest BCUT2D eigenvalue weighted by Crippen LogP contribution is -2.28. The number of methoxy groups -OCH3 is 1. The molecule has 6 nitrogen and oxygen atoms in total. The first-order valence-corrected chi connectivity index (χ1v) is 8.95. The van der Waals surface area contributed by atoms with Gasteiger partial charge in [0.25, 0.3) is 5.91 Å². The Hall–Kier alpha value is -2.70. The summed E-state index contributed by atoms with van der Waals surface area (Å²) in [7, 11) is 1.58. The monoisotopic (exact) mass is 384 g/mol.